The van der Waals surface area contributed by atoms with Crippen molar-refractivity contribution in [3.05, 3.63) is 40.7 Å². The van der Waals surface area contributed by atoms with E-state index in [0.29, 0.717) is 10.6 Å². The van der Waals surface area contributed by atoms with E-state index in [1.54, 1.807) is 18.4 Å². The van der Waals surface area contributed by atoms with Crippen molar-refractivity contribution in [3.8, 4) is 17.5 Å². The SMILES string of the molecule is CSc1nc(-c2cccnc2Cl)nc(NN2C(=O)C=C(C)C2=O)c1C#N. The number of amides is 2. The number of nitriles is 1. The third-order valence-electron chi connectivity index (χ3n) is 3.50. The van der Waals surface area contributed by atoms with Gasteiger partial charge in [-0.25, -0.2) is 15.0 Å². The van der Waals surface area contributed by atoms with E-state index in [4.69, 9.17) is 11.6 Å². The van der Waals surface area contributed by atoms with Crippen molar-refractivity contribution in [3.63, 3.8) is 0 Å². The number of hydrogen-bond donors (Lipinski definition) is 1. The molecule has 0 atom stereocenters. The first kappa shape index (κ1) is 17.8. The maximum absolute atomic E-state index is 12.1. The second kappa shape index (κ2) is 7.11. The van der Waals surface area contributed by atoms with Gasteiger partial charge in [-0.3, -0.25) is 15.0 Å². The number of nitrogens with zero attached hydrogens (tertiary/aromatic N) is 5. The average Bonchev–Trinajstić information content (AvgIpc) is 2.87. The zero-order chi connectivity index (χ0) is 18.8. The fraction of sp³-hybridized carbons (Fsp3) is 0.125. The standard InChI is InChI=1S/C16H11ClN6O2S/c1-8-6-11(24)23(16(8)25)22-14-10(7-18)15(26-2)21-13(20-14)9-4-3-5-19-12(9)17/h3-6H,1-2H3,(H,20,21,22). The Morgan fingerprint density at radius 3 is 2.69 bits per heavy atom. The number of hydrazine groups is 1. The van der Waals surface area contributed by atoms with Crippen LogP contribution < -0.4 is 5.43 Å². The molecule has 10 heteroatoms. The second-order valence-electron chi connectivity index (χ2n) is 5.15. The molecule has 0 radical (unpaired) electrons. The van der Waals surface area contributed by atoms with E-state index in [2.05, 4.69) is 20.4 Å². The molecular formula is C16H11ClN6O2S. The molecule has 1 aliphatic rings. The number of hydrogen-bond acceptors (Lipinski definition) is 8. The summed E-state index contributed by atoms with van der Waals surface area (Å²) >= 11 is 7.34. The van der Waals surface area contributed by atoms with Crippen molar-refractivity contribution < 1.29 is 9.59 Å². The molecule has 0 spiro atoms. The number of halogens is 1. The molecule has 26 heavy (non-hydrogen) atoms. The summed E-state index contributed by atoms with van der Waals surface area (Å²) in [6, 6.07) is 5.36. The van der Waals surface area contributed by atoms with Crippen molar-refractivity contribution in [1.29, 1.82) is 5.26 Å². The van der Waals surface area contributed by atoms with E-state index in [9.17, 15) is 14.9 Å². The molecule has 0 aliphatic carbocycles. The Morgan fingerprint density at radius 2 is 2.12 bits per heavy atom. The van der Waals surface area contributed by atoms with Gasteiger partial charge in [-0.15, -0.1) is 11.8 Å². The normalized spacial score (nSPS) is 13.6. The van der Waals surface area contributed by atoms with Crippen LogP contribution in [-0.4, -0.2) is 38.0 Å². The summed E-state index contributed by atoms with van der Waals surface area (Å²) in [4.78, 5) is 36.7. The highest BCUT2D eigenvalue weighted by Gasteiger charge is 2.30. The molecule has 1 aliphatic heterocycles. The first-order chi connectivity index (χ1) is 12.5. The molecule has 2 amide bonds. The molecule has 3 heterocycles. The molecule has 0 bridgehead atoms. The number of anilines is 1. The average molecular weight is 387 g/mol. The van der Waals surface area contributed by atoms with Crippen LogP contribution in [0.1, 0.15) is 12.5 Å². The summed E-state index contributed by atoms with van der Waals surface area (Å²) < 4.78 is 0. The molecule has 0 aromatic carbocycles. The highest BCUT2D eigenvalue weighted by atomic mass is 35.5. The Hall–Kier alpha value is -2.96. The van der Waals surface area contributed by atoms with Crippen molar-refractivity contribution in [2.24, 2.45) is 0 Å². The number of thioether (sulfide) groups is 1. The fourth-order valence-electron chi connectivity index (χ4n) is 2.24. The smallest absolute Gasteiger partial charge is 0.270 e. The topological polar surface area (TPSA) is 112 Å². The fourth-order valence-corrected chi connectivity index (χ4v) is 2.97. The van der Waals surface area contributed by atoms with Gasteiger partial charge in [0.2, 0.25) is 0 Å². The Bertz CT molecular complexity index is 1000. The van der Waals surface area contributed by atoms with E-state index < -0.39 is 11.8 Å². The largest absolute Gasteiger partial charge is 0.275 e. The number of aromatic nitrogens is 3. The third-order valence-corrected chi connectivity index (χ3v) is 4.48. The maximum Gasteiger partial charge on any atom is 0.275 e. The first-order valence-corrected chi connectivity index (χ1v) is 8.87. The second-order valence-corrected chi connectivity index (χ2v) is 6.30. The van der Waals surface area contributed by atoms with E-state index >= 15 is 0 Å². The number of carbonyl (C=O) groups is 2. The summed E-state index contributed by atoms with van der Waals surface area (Å²) in [5.74, 6) is -0.796. The van der Waals surface area contributed by atoms with Crippen LogP contribution in [0.15, 0.2) is 35.0 Å². The minimum absolute atomic E-state index is 0.0339. The molecule has 2 aromatic rings. The third kappa shape index (κ3) is 3.12. The van der Waals surface area contributed by atoms with Crippen LogP contribution in [0.5, 0.6) is 0 Å². The number of pyridine rings is 1. The summed E-state index contributed by atoms with van der Waals surface area (Å²) in [5.41, 5.74) is 3.49. The van der Waals surface area contributed by atoms with E-state index in [-0.39, 0.29) is 27.9 Å². The van der Waals surface area contributed by atoms with Gasteiger partial charge in [-0.1, -0.05) is 11.6 Å². The first-order valence-electron chi connectivity index (χ1n) is 7.26. The number of carbonyl (C=O) groups excluding carboxylic acids is 2. The Kier molecular flexibility index (Phi) is 4.88. The van der Waals surface area contributed by atoms with Crippen molar-refractivity contribution in [1.82, 2.24) is 20.0 Å². The predicted octanol–water partition coefficient (Wildman–Crippen LogP) is 2.43. The highest BCUT2D eigenvalue weighted by molar-refractivity contribution is 7.98. The van der Waals surface area contributed by atoms with Crippen molar-refractivity contribution >= 4 is 41.0 Å². The van der Waals surface area contributed by atoms with Crippen LogP contribution in [0.25, 0.3) is 11.4 Å². The van der Waals surface area contributed by atoms with Gasteiger partial charge < -0.3 is 0 Å². The van der Waals surface area contributed by atoms with Gasteiger partial charge in [-0.2, -0.15) is 10.3 Å². The maximum atomic E-state index is 12.1. The van der Waals surface area contributed by atoms with Crippen LogP contribution in [-0.2, 0) is 9.59 Å². The molecule has 0 fully saturated rings. The highest BCUT2D eigenvalue weighted by Crippen LogP contribution is 2.30. The number of imide groups is 1. The lowest BCUT2D eigenvalue weighted by atomic mass is 10.2. The van der Waals surface area contributed by atoms with E-state index in [0.717, 1.165) is 5.01 Å². The lowest BCUT2D eigenvalue weighted by molar-refractivity contribution is -0.135. The molecular weight excluding hydrogens is 376 g/mol. The van der Waals surface area contributed by atoms with Gasteiger partial charge >= 0.3 is 0 Å². The molecule has 8 nitrogen and oxygen atoms in total. The zero-order valence-electron chi connectivity index (χ0n) is 13.6. The van der Waals surface area contributed by atoms with Crippen LogP contribution in [0.3, 0.4) is 0 Å². The summed E-state index contributed by atoms with van der Waals surface area (Å²) in [6.07, 6.45) is 4.48. The monoisotopic (exact) mass is 386 g/mol. The number of nitrogens with one attached hydrogen (secondary N) is 1. The Labute approximate surface area is 157 Å². The van der Waals surface area contributed by atoms with Crippen molar-refractivity contribution in [2.75, 3.05) is 11.7 Å². The van der Waals surface area contributed by atoms with Gasteiger partial charge in [0.25, 0.3) is 11.8 Å². The summed E-state index contributed by atoms with van der Waals surface area (Å²) in [6.45, 7) is 1.53. The van der Waals surface area contributed by atoms with E-state index in [1.165, 1.54) is 31.0 Å². The zero-order valence-corrected chi connectivity index (χ0v) is 15.2. The van der Waals surface area contributed by atoms with Gasteiger partial charge in [0.1, 0.15) is 21.8 Å². The number of rotatable bonds is 4. The van der Waals surface area contributed by atoms with Gasteiger partial charge in [0.05, 0.1) is 5.56 Å². The molecule has 0 saturated heterocycles. The Balaban J connectivity index is 2.11. The molecule has 130 valence electrons. The van der Waals surface area contributed by atoms with Crippen LogP contribution >= 0.6 is 23.4 Å². The van der Waals surface area contributed by atoms with Crippen LogP contribution in [0.2, 0.25) is 5.15 Å². The lowest BCUT2D eigenvalue weighted by Crippen LogP contribution is -2.37. The summed E-state index contributed by atoms with van der Waals surface area (Å²) in [7, 11) is 0. The van der Waals surface area contributed by atoms with Gasteiger partial charge in [0.15, 0.2) is 11.6 Å². The van der Waals surface area contributed by atoms with Crippen LogP contribution in [0.4, 0.5) is 5.82 Å². The van der Waals surface area contributed by atoms with Crippen LogP contribution in [0, 0.1) is 11.3 Å². The van der Waals surface area contributed by atoms with Gasteiger partial charge in [0, 0.05) is 17.8 Å². The molecule has 1 N–H and O–H groups in total. The minimum atomic E-state index is -0.540. The molecule has 3 rings (SSSR count). The molecule has 0 saturated carbocycles. The summed E-state index contributed by atoms with van der Waals surface area (Å²) in [5, 5.41) is 10.9. The van der Waals surface area contributed by atoms with E-state index in [1.807, 2.05) is 6.07 Å². The molecule has 0 unspecified atom stereocenters. The van der Waals surface area contributed by atoms with Crippen molar-refractivity contribution in [2.45, 2.75) is 11.9 Å². The lowest BCUT2D eigenvalue weighted by Gasteiger charge is -2.18. The Morgan fingerprint density at radius 1 is 1.35 bits per heavy atom. The molecule has 2 aromatic heterocycles. The van der Waals surface area contributed by atoms with Gasteiger partial charge in [-0.05, 0) is 25.3 Å². The minimum Gasteiger partial charge on any atom is -0.270 e. The quantitative estimate of drug-likeness (QED) is 0.369. The predicted molar refractivity (Wildman–Crippen MR) is 96.0 cm³/mol.